The topological polar surface area (TPSA) is 83.6 Å². The van der Waals surface area contributed by atoms with E-state index < -0.39 is 5.97 Å². The summed E-state index contributed by atoms with van der Waals surface area (Å²) in [5.74, 6) is -1.10. The lowest BCUT2D eigenvalue weighted by molar-refractivity contribution is -0.137. The fraction of sp³-hybridized carbons (Fsp3) is 0.545. The molecule has 0 saturated heterocycles. The summed E-state index contributed by atoms with van der Waals surface area (Å²) in [4.78, 5) is 24.0. The predicted octanol–water partition coefficient (Wildman–Crippen LogP) is 1.39. The van der Waals surface area contributed by atoms with Crippen molar-refractivity contribution in [2.24, 2.45) is 0 Å². The van der Waals surface area contributed by atoms with E-state index in [1.165, 1.54) is 12.3 Å². The lowest BCUT2D eigenvalue weighted by Crippen LogP contribution is -2.38. The summed E-state index contributed by atoms with van der Waals surface area (Å²) >= 11 is 0. The van der Waals surface area contributed by atoms with Crippen molar-refractivity contribution in [3.63, 3.8) is 0 Å². The average Bonchev–Trinajstić information content (AvgIpc) is 2.75. The summed E-state index contributed by atoms with van der Waals surface area (Å²) in [6, 6.07) is 1.49. The summed E-state index contributed by atoms with van der Waals surface area (Å²) < 4.78 is 4.62. The quantitative estimate of drug-likeness (QED) is 0.812. The van der Waals surface area contributed by atoms with Crippen LogP contribution in [0.4, 0.5) is 0 Å². The Morgan fingerprint density at radius 3 is 2.71 bits per heavy atom. The van der Waals surface area contributed by atoms with Gasteiger partial charge in [-0.05, 0) is 20.3 Å². The zero-order valence-electron chi connectivity index (χ0n) is 9.92. The van der Waals surface area contributed by atoms with Crippen molar-refractivity contribution >= 4 is 11.9 Å². The van der Waals surface area contributed by atoms with Gasteiger partial charge >= 0.3 is 5.97 Å². The largest absolute Gasteiger partial charge is 0.481 e. The van der Waals surface area contributed by atoms with Crippen molar-refractivity contribution in [3.8, 4) is 0 Å². The number of rotatable bonds is 6. The van der Waals surface area contributed by atoms with Gasteiger partial charge in [0.05, 0.1) is 0 Å². The zero-order valence-corrected chi connectivity index (χ0v) is 9.92. The highest BCUT2D eigenvalue weighted by molar-refractivity contribution is 5.92. The smallest absolute Gasteiger partial charge is 0.303 e. The molecule has 0 aromatic carbocycles. The van der Waals surface area contributed by atoms with Crippen LogP contribution in [-0.2, 0) is 4.79 Å². The zero-order chi connectivity index (χ0) is 12.8. The number of carbonyl (C=O) groups is 2. The van der Waals surface area contributed by atoms with E-state index >= 15 is 0 Å². The third kappa shape index (κ3) is 3.90. The average molecular weight is 240 g/mol. The van der Waals surface area contributed by atoms with E-state index in [0.717, 1.165) is 0 Å². The van der Waals surface area contributed by atoms with E-state index in [2.05, 4.69) is 9.68 Å². The molecule has 0 bridgehead atoms. The number of nitrogens with zero attached hydrogens (tertiary/aromatic N) is 2. The van der Waals surface area contributed by atoms with Gasteiger partial charge in [-0.1, -0.05) is 5.16 Å². The third-order valence-electron chi connectivity index (χ3n) is 2.33. The fourth-order valence-electron chi connectivity index (χ4n) is 1.46. The number of aliphatic carboxylic acids is 1. The van der Waals surface area contributed by atoms with E-state index in [1.807, 2.05) is 13.8 Å². The normalized spacial score (nSPS) is 10.5. The van der Waals surface area contributed by atoms with Gasteiger partial charge in [-0.25, -0.2) is 0 Å². The van der Waals surface area contributed by atoms with Gasteiger partial charge in [0, 0.05) is 25.1 Å². The highest BCUT2D eigenvalue weighted by Crippen LogP contribution is 2.08. The van der Waals surface area contributed by atoms with Crippen LogP contribution in [0.3, 0.4) is 0 Å². The molecule has 0 aliphatic carbocycles. The molecular formula is C11H16N2O4. The van der Waals surface area contributed by atoms with Gasteiger partial charge in [0.15, 0.2) is 5.69 Å². The molecular weight excluding hydrogens is 224 g/mol. The Balaban J connectivity index is 2.60. The minimum absolute atomic E-state index is 0.00649. The molecule has 0 aliphatic heterocycles. The molecule has 0 unspecified atom stereocenters. The molecule has 17 heavy (non-hydrogen) atoms. The van der Waals surface area contributed by atoms with Gasteiger partial charge in [-0.3, -0.25) is 9.59 Å². The molecule has 1 heterocycles. The van der Waals surface area contributed by atoms with Gasteiger partial charge in [0.25, 0.3) is 5.91 Å². The summed E-state index contributed by atoms with van der Waals surface area (Å²) in [5.41, 5.74) is 0.244. The van der Waals surface area contributed by atoms with Crippen LogP contribution in [0, 0.1) is 0 Å². The van der Waals surface area contributed by atoms with Crippen LogP contribution in [-0.4, -0.2) is 39.6 Å². The second-order valence-corrected chi connectivity index (χ2v) is 3.97. The van der Waals surface area contributed by atoms with Crippen LogP contribution < -0.4 is 0 Å². The second-order valence-electron chi connectivity index (χ2n) is 3.97. The first kappa shape index (κ1) is 13.2. The number of aromatic nitrogens is 1. The number of amides is 1. The monoisotopic (exact) mass is 240 g/mol. The maximum absolute atomic E-state index is 12.0. The number of hydrogen-bond donors (Lipinski definition) is 1. The summed E-state index contributed by atoms with van der Waals surface area (Å²) in [5, 5.41) is 12.1. The first-order valence-electron chi connectivity index (χ1n) is 5.45. The number of carboxylic acid groups (broad SMARTS) is 1. The molecule has 1 N–H and O–H groups in total. The molecule has 6 nitrogen and oxygen atoms in total. The number of carbonyl (C=O) groups excluding carboxylic acids is 1. The molecule has 94 valence electrons. The molecule has 1 amide bonds. The van der Waals surface area contributed by atoms with Gasteiger partial charge in [0.2, 0.25) is 0 Å². The maximum Gasteiger partial charge on any atom is 0.303 e. The van der Waals surface area contributed by atoms with Crippen LogP contribution >= 0.6 is 0 Å². The Bertz CT molecular complexity index is 373. The van der Waals surface area contributed by atoms with E-state index in [0.29, 0.717) is 13.0 Å². The minimum Gasteiger partial charge on any atom is -0.481 e. The van der Waals surface area contributed by atoms with Crippen molar-refractivity contribution < 1.29 is 19.2 Å². The molecule has 0 radical (unpaired) electrons. The van der Waals surface area contributed by atoms with Crippen LogP contribution in [0.2, 0.25) is 0 Å². The van der Waals surface area contributed by atoms with Crippen molar-refractivity contribution in [2.45, 2.75) is 32.7 Å². The van der Waals surface area contributed by atoms with Crippen molar-refractivity contribution in [3.05, 3.63) is 18.0 Å². The van der Waals surface area contributed by atoms with E-state index in [4.69, 9.17) is 5.11 Å². The van der Waals surface area contributed by atoms with E-state index in [-0.39, 0.29) is 24.1 Å². The van der Waals surface area contributed by atoms with Crippen molar-refractivity contribution in [1.29, 1.82) is 0 Å². The van der Waals surface area contributed by atoms with Crippen molar-refractivity contribution in [2.75, 3.05) is 6.54 Å². The molecule has 1 aromatic heterocycles. The second kappa shape index (κ2) is 6.03. The van der Waals surface area contributed by atoms with E-state index in [1.54, 1.807) is 4.90 Å². The first-order valence-corrected chi connectivity index (χ1v) is 5.45. The molecule has 0 spiro atoms. The number of carboxylic acids is 1. The third-order valence-corrected chi connectivity index (χ3v) is 2.33. The minimum atomic E-state index is -0.859. The molecule has 6 heteroatoms. The highest BCUT2D eigenvalue weighted by atomic mass is 16.5. The maximum atomic E-state index is 12.0. The Hall–Kier alpha value is -1.85. The van der Waals surface area contributed by atoms with Gasteiger partial charge in [-0.15, -0.1) is 0 Å². The van der Waals surface area contributed by atoms with Gasteiger partial charge in [0.1, 0.15) is 6.26 Å². The lowest BCUT2D eigenvalue weighted by Gasteiger charge is -2.25. The van der Waals surface area contributed by atoms with Crippen LogP contribution in [0.1, 0.15) is 37.2 Å². The van der Waals surface area contributed by atoms with Crippen LogP contribution in [0.15, 0.2) is 16.9 Å². The Kier molecular flexibility index (Phi) is 4.68. The Labute approximate surface area is 99.2 Å². The molecule has 1 aromatic rings. The predicted molar refractivity (Wildman–Crippen MR) is 59.5 cm³/mol. The molecule has 0 saturated carbocycles. The van der Waals surface area contributed by atoms with Crippen LogP contribution in [0.25, 0.3) is 0 Å². The van der Waals surface area contributed by atoms with Gasteiger partial charge in [-0.2, -0.15) is 0 Å². The Morgan fingerprint density at radius 1 is 1.53 bits per heavy atom. The Morgan fingerprint density at radius 2 is 2.24 bits per heavy atom. The standard InChI is InChI=1S/C11H16N2O4/c1-8(2)13(6-3-4-10(14)15)11(16)9-5-7-17-12-9/h5,7-8H,3-4,6H2,1-2H3,(H,14,15). The summed E-state index contributed by atoms with van der Waals surface area (Å²) in [6.07, 6.45) is 1.81. The highest BCUT2D eigenvalue weighted by Gasteiger charge is 2.20. The first-order chi connectivity index (χ1) is 8.02. The molecule has 0 fully saturated rings. The summed E-state index contributed by atoms with van der Waals surface area (Å²) in [7, 11) is 0. The fourth-order valence-corrected chi connectivity index (χ4v) is 1.46. The number of hydrogen-bond acceptors (Lipinski definition) is 4. The van der Waals surface area contributed by atoms with Crippen molar-refractivity contribution in [1.82, 2.24) is 10.1 Å². The van der Waals surface area contributed by atoms with E-state index in [9.17, 15) is 9.59 Å². The molecule has 0 aliphatic rings. The molecule has 1 rings (SSSR count). The SMILES string of the molecule is CC(C)N(CCCC(=O)O)C(=O)c1ccon1. The summed E-state index contributed by atoms with van der Waals surface area (Å²) in [6.45, 7) is 4.15. The van der Waals surface area contributed by atoms with Crippen LogP contribution in [0.5, 0.6) is 0 Å². The molecule has 0 atom stereocenters. The lowest BCUT2D eigenvalue weighted by atomic mass is 10.2. The van der Waals surface area contributed by atoms with Gasteiger partial charge < -0.3 is 14.5 Å².